The monoisotopic (exact) mass is 410 g/mol. The van der Waals surface area contributed by atoms with Gasteiger partial charge in [0.1, 0.15) is 10.7 Å². The van der Waals surface area contributed by atoms with Gasteiger partial charge in [-0.3, -0.25) is 4.79 Å². The van der Waals surface area contributed by atoms with Crippen LogP contribution in [0.3, 0.4) is 0 Å². The summed E-state index contributed by atoms with van der Waals surface area (Å²) in [6.45, 7) is 5.70. The van der Waals surface area contributed by atoms with E-state index in [4.69, 9.17) is 4.52 Å². The molecule has 10 heteroatoms. The molecule has 3 rings (SSSR count). The Balaban J connectivity index is 1.87. The van der Waals surface area contributed by atoms with Gasteiger partial charge in [0.05, 0.1) is 5.54 Å². The molecule has 1 saturated heterocycles. The fourth-order valence-corrected chi connectivity index (χ4v) is 4.66. The van der Waals surface area contributed by atoms with Crippen molar-refractivity contribution < 1.29 is 22.1 Å². The Morgan fingerprint density at radius 2 is 1.93 bits per heavy atom. The van der Waals surface area contributed by atoms with Crippen LogP contribution in [0.15, 0.2) is 27.6 Å². The number of amides is 1. The first-order valence-corrected chi connectivity index (χ1v) is 10.5. The van der Waals surface area contributed by atoms with Crippen LogP contribution < -0.4 is 5.32 Å². The van der Waals surface area contributed by atoms with E-state index in [0.29, 0.717) is 19.0 Å². The molecule has 2 heterocycles. The molecule has 0 aliphatic carbocycles. The molecule has 0 unspecified atom stereocenters. The number of hydrogen-bond acceptors (Lipinski definition) is 6. The van der Waals surface area contributed by atoms with Crippen molar-refractivity contribution in [1.82, 2.24) is 19.8 Å². The fourth-order valence-electron chi connectivity index (χ4n) is 3.05. The molecule has 1 aromatic heterocycles. The average Bonchev–Trinajstić information content (AvgIpc) is 3.09. The summed E-state index contributed by atoms with van der Waals surface area (Å²) in [6, 6.07) is 3.32. The minimum atomic E-state index is -4.00. The number of sulfonamides is 1. The van der Waals surface area contributed by atoms with Gasteiger partial charge in [0.25, 0.3) is 5.91 Å². The van der Waals surface area contributed by atoms with Crippen LogP contribution in [-0.4, -0.2) is 41.9 Å². The van der Waals surface area contributed by atoms with Gasteiger partial charge in [-0.05, 0) is 44.9 Å². The van der Waals surface area contributed by atoms with E-state index >= 15 is 0 Å². The van der Waals surface area contributed by atoms with E-state index in [9.17, 15) is 17.6 Å². The molecule has 0 atom stereocenters. The van der Waals surface area contributed by atoms with Crippen LogP contribution in [0.4, 0.5) is 4.39 Å². The Labute approximate surface area is 163 Å². The number of piperidine rings is 1. The molecule has 0 spiro atoms. The molecule has 2 aromatic rings. The first-order valence-electron chi connectivity index (χ1n) is 9.04. The van der Waals surface area contributed by atoms with Crippen molar-refractivity contribution in [2.45, 2.75) is 50.5 Å². The number of carbonyl (C=O) groups excluding carboxylic acids is 1. The number of nitrogens with one attached hydrogen (secondary N) is 1. The Bertz CT molecular complexity index is 981. The number of rotatable bonds is 5. The van der Waals surface area contributed by atoms with E-state index in [1.54, 1.807) is 20.8 Å². The standard InChI is InChI=1S/C18H23FN4O4S/c1-12-20-17(22-27-12)18(2,3)21-16(24)13-7-8-14(19)15(11-13)28(25,26)23-9-5-4-6-10-23/h7-8,11H,4-6,9-10H2,1-3H3,(H,21,24). The second-order valence-corrected chi connectivity index (χ2v) is 9.23. The summed E-state index contributed by atoms with van der Waals surface area (Å²) < 4.78 is 46.2. The molecule has 28 heavy (non-hydrogen) atoms. The molecular weight excluding hydrogens is 387 g/mol. The topological polar surface area (TPSA) is 105 Å². The molecule has 0 radical (unpaired) electrons. The third kappa shape index (κ3) is 4.07. The molecule has 1 fully saturated rings. The van der Waals surface area contributed by atoms with Crippen molar-refractivity contribution in [3.05, 3.63) is 41.3 Å². The highest BCUT2D eigenvalue weighted by Gasteiger charge is 2.32. The van der Waals surface area contributed by atoms with Gasteiger partial charge in [-0.2, -0.15) is 9.29 Å². The highest BCUT2D eigenvalue weighted by Crippen LogP contribution is 2.25. The number of aromatic nitrogens is 2. The zero-order chi connectivity index (χ0) is 20.5. The Hall–Kier alpha value is -2.33. The SMILES string of the molecule is Cc1nc(C(C)(C)NC(=O)c2ccc(F)c(S(=O)(=O)N3CCCCC3)c2)no1. The molecule has 0 saturated carbocycles. The second-order valence-electron chi connectivity index (χ2n) is 7.33. The van der Waals surface area contributed by atoms with Gasteiger partial charge in [-0.1, -0.05) is 11.6 Å². The van der Waals surface area contributed by atoms with Gasteiger partial charge in [-0.15, -0.1) is 0 Å². The lowest BCUT2D eigenvalue weighted by Gasteiger charge is -2.26. The molecule has 1 aliphatic heterocycles. The predicted octanol–water partition coefficient (Wildman–Crippen LogP) is 2.36. The Morgan fingerprint density at radius 1 is 1.25 bits per heavy atom. The Morgan fingerprint density at radius 3 is 2.54 bits per heavy atom. The summed E-state index contributed by atoms with van der Waals surface area (Å²) in [4.78, 5) is 16.3. The van der Waals surface area contributed by atoms with E-state index in [0.717, 1.165) is 31.4 Å². The van der Waals surface area contributed by atoms with Gasteiger partial charge < -0.3 is 9.84 Å². The van der Waals surface area contributed by atoms with E-state index in [2.05, 4.69) is 15.5 Å². The summed E-state index contributed by atoms with van der Waals surface area (Å²) in [6.07, 6.45) is 2.42. The summed E-state index contributed by atoms with van der Waals surface area (Å²) in [5.74, 6) is -0.812. The summed E-state index contributed by atoms with van der Waals surface area (Å²) >= 11 is 0. The van der Waals surface area contributed by atoms with Gasteiger partial charge in [0.15, 0.2) is 5.82 Å². The first kappa shape index (κ1) is 20.4. The minimum absolute atomic E-state index is 0.0327. The van der Waals surface area contributed by atoms with Crippen LogP contribution in [0.5, 0.6) is 0 Å². The maximum absolute atomic E-state index is 14.3. The summed E-state index contributed by atoms with van der Waals surface area (Å²) in [7, 11) is -4.00. The molecule has 1 N–H and O–H groups in total. The van der Waals surface area contributed by atoms with E-state index in [1.165, 1.54) is 10.4 Å². The molecule has 0 bridgehead atoms. The van der Waals surface area contributed by atoms with Gasteiger partial charge in [-0.25, -0.2) is 12.8 Å². The van der Waals surface area contributed by atoms with Crippen LogP contribution in [0.2, 0.25) is 0 Å². The predicted molar refractivity (Wildman–Crippen MR) is 98.5 cm³/mol. The first-order chi connectivity index (χ1) is 13.1. The number of aryl methyl sites for hydroxylation is 1. The smallest absolute Gasteiger partial charge is 0.252 e. The maximum atomic E-state index is 14.3. The van der Waals surface area contributed by atoms with Crippen molar-refractivity contribution in [2.24, 2.45) is 0 Å². The molecule has 1 aliphatic rings. The third-order valence-electron chi connectivity index (χ3n) is 4.64. The van der Waals surface area contributed by atoms with Crippen LogP contribution in [0.1, 0.15) is 55.2 Å². The quantitative estimate of drug-likeness (QED) is 0.811. The van der Waals surface area contributed by atoms with Crippen molar-refractivity contribution in [2.75, 3.05) is 13.1 Å². The molecule has 1 amide bonds. The van der Waals surface area contributed by atoms with Crippen LogP contribution in [-0.2, 0) is 15.6 Å². The van der Waals surface area contributed by atoms with Crippen LogP contribution in [0, 0.1) is 12.7 Å². The Kier molecular flexibility index (Phi) is 5.53. The zero-order valence-corrected chi connectivity index (χ0v) is 16.8. The van der Waals surface area contributed by atoms with E-state index in [-0.39, 0.29) is 11.4 Å². The maximum Gasteiger partial charge on any atom is 0.252 e. The molecular formula is C18H23FN4O4S. The number of carbonyl (C=O) groups is 1. The third-order valence-corrected chi connectivity index (χ3v) is 6.55. The molecule has 152 valence electrons. The van der Waals surface area contributed by atoms with Gasteiger partial charge in [0.2, 0.25) is 15.9 Å². The lowest BCUT2D eigenvalue weighted by Crippen LogP contribution is -2.42. The van der Waals surface area contributed by atoms with E-state index < -0.39 is 32.2 Å². The minimum Gasteiger partial charge on any atom is -0.340 e. The van der Waals surface area contributed by atoms with E-state index in [1.807, 2.05) is 0 Å². The fraction of sp³-hybridized carbons (Fsp3) is 0.500. The summed E-state index contributed by atoms with van der Waals surface area (Å²) in [5, 5.41) is 6.53. The van der Waals surface area contributed by atoms with Crippen molar-refractivity contribution in [3.8, 4) is 0 Å². The van der Waals surface area contributed by atoms with Gasteiger partial charge >= 0.3 is 0 Å². The molecule has 1 aromatic carbocycles. The molecule has 8 nitrogen and oxygen atoms in total. The lowest BCUT2D eigenvalue weighted by atomic mass is 10.0. The largest absolute Gasteiger partial charge is 0.340 e. The zero-order valence-electron chi connectivity index (χ0n) is 16.0. The van der Waals surface area contributed by atoms with Crippen LogP contribution in [0.25, 0.3) is 0 Å². The lowest BCUT2D eigenvalue weighted by molar-refractivity contribution is 0.0907. The highest BCUT2D eigenvalue weighted by atomic mass is 32.2. The number of benzene rings is 1. The van der Waals surface area contributed by atoms with Crippen molar-refractivity contribution >= 4 is 15.9 Å². The van der Waals surface area contributed by atoms with Gasteiger partial charge in [0, 0.05) is 25.6 Å². The summed E-state index contributed by atoms with van der Waals surface area (Å²) in [5.41, 5.74) is -0.930. The number of nitrogens with zero attached hydrogens (tertiary/aromatic N) is 3. The van der Waals surface area contributed by atoms with Crippen molar-refractivity contribution in [3.63, 3.8) is 0 Å². The highest BCUT2D eigenvalue weighted by molar-refractivity contribution is 7.89. The second kappa shape index (κ2) is 7.59. The number of hydrogen-bond donors (Lipinski definition) is 1. The van der Waals surface area contributed by atoms with Crippen molar-refractivity contribution in [1.29, 1.82) is 0 Å². The van der Waals surface area contributed by atoms with Crippen LogP contribution >= 0.6 is 0 Å². The normalized spacial score (nSPS) is 16.1. The number of halogens is 1. The average molecular weight is 410 g/mol.